The lowest BCUT2D eigenvalue weighted by atomic mass is 10.1. The van der Waals surface area contributed by atoms with Crippen LogP contribution >= 0.6 is 0 Å². The molecule has 0 unspecified atom stereocenters. The second-order valence-electron chi connectivity index (χ2n) is 5.62. The molecule has 2 aromatic carbocycles. The van der Waals surface area contributed by atoms with Gasteiger partial charge in [-0.3, -0.25) is 0 Å². The summed E-state index contributed by atoms with van der Waals surface area (Å²) in [6.07, 6.45) is 4.42. The first-order valence-corrected chi connectivity index (χ1v) is 7.93. The lowest BCUT2D eigenvalue weighted by Crippen LogP contribution is -2.07. The first-order valence-electron chi connectivity index (χ1n) is 7.93. The van der Waals surface area contributed by atoms with Crippen LogP contribution in [0.3, 0.4) is 0 Å². The van der Waals surface area contributed by atoms with E-state index in [1.807, 2.05) is 0 Å². The van der Waals surface area contributed by atoms with E-state index in [9.17, 15) is 0 Å². The number of nitrogens with one attached hydrogen (secondary N) is 1. The number of aryl methyl sites for hydroxylation is 1. The molecule has 110 valence electrons. The average molecular weight is 281 g/mol. The minimum absolute atomic E-state index is 0.835. The summed E-state index contributed by atoms with van der Waals surface area (Å²) in [5.41, 5.74) is 5.45. The van der Waals surface area contributed by atoms with Crippen molar-refractivity contribution >= 4 is 5.69 Å². The molecule has 0 spiro atoms. The summed E-state index contributed by atoms with van der Waals surface area (Å²) >= 11 is 0. The zero-order chi connectivity index (χ0) is 14.5. The molecule has 1 heterocycles. The fraction of sp³-hybridized carbons (Fsp3) is 0.368. The first kappa shape index (κ1) is 14.0. The second-order valence-corrected chi connectivity index (χ2v) is 5.62. The van der Waals surface area contributed by atoms with Crippen molar-refractivity contribution < 1.29 is 4.74 Å². The summed E-state index contributed by atoms with van der Waals surface area (Å²) in [4.78, 5) is 0. The number of anilines is 1. The third-order valence-electron chi connectivity index (χ3n) is 4.02. The topological polar surface area (TPSA) is 21.3 Å². The van der Waals surface area contributed by atoms with Gasteiger partial charge in [0.25, 0.3) is 0 Å². The second kappa shape index (κ2) is 6.66. The molecule has 0 amide bonds. The summed E-state index contributed by atoms with van der Waals surface area (Å²) in [6, 6.07) is 15.2. The molecule has 0 saturated heterocycles. The molecule has 1 N–H and O–H groups in total. The van der Waals surface area contributed by atoms with E-state index in [1.54, 1.807) is 0 Å². The fourth-order valence-electron chi connectivity index (χ4n) is 2.92. The zero-order valence-electron chi connectivity index (χ0n) is 12.7. The van der Waals surface area contributed by atoms with Crippen LogP contribution in [0.15, 0.2) is 42.5 Å². The Kier molecular flexibility index (Phi) is 4.44. The number of benzene rings is 2. The number of para-hydroxylation sites is 1. The standard InChI is InChI=1S/C19H23NO/c1-2-5-16-6-3-4-7-18(16)20-12-10-15-8-9-19-17(14-15)11-13-21-19/h3-4,6-9,14,20H,2,5,10-13H2,1H3. The Balaban J connectivity index is 1.59. The molecular weight excluding hydrogens is 258 g/mol. The minimum Gasteiger partial charge on any atom is -0.493 e. The van der Waals surface area contributed by atoms with Gasteiger partial charge in [-0.05, 0) is 41.7 Å². The summed E-state index contributed by atoms with van der Waals surface area (Å²) in [5.74, 6) is 1.07. The Morgan fingerprint density at radius 1 is 1.10 bits per heavy atom. The molecule has 0 saturated carbocycles. The number of rotatable bonds is 6. The molecule has 2 nitrogen and oxygen atoms in total. The van der Waals surface area contributed by atoms with Crippen LogP contribution in [0.2, 0.25) is 0 Å². The van der Waals surface area contributed by atoms with E-state index in [-0.39, 0.29) is 0 Å². The molecule has 0 fully saturated rings. The van der Waals surface area contributed by atoms with E-state index >= 15 is 0 Å². The number of hydrogen-bond donors (Lipinski definition) is 1. The summed E-state index contributed by atoms with van der Waals surface area (Å²) < 4.78 is 5.55. The van der Waals surface area contributed by atoms with Crippen LogP contribution in [-0.2, 0) is 19.3 Å². The van der Waals surface area contributed by atoms with Gasteiger partial charge in [-0.1, -0.05) is 43.7 Å². The highest BCUT2D eigenvalue weighted by Gasteiger charge is 2.11. The van der Waals surface area contributed by atoms with Crippen LogP contribution in [0.1, 0.15) is 30.0 Å². The molecule has 0 aromatic heterocycles. The maximum absolute atomic E-state index is 5.55. The Morgan fingerprint density at radius 2 is 2.00 bits per heavy atom. The monoisotopic (exact) mass is 281 g/mol. The van der Waals surface area contributed by atoms with Gasteiger partial charge in [0.2, 0.25) is 0 Å². The molecule has 0 atom stereocenters. The summed E-state index contributed by atoms with van der Waals surface area (Å²) in [7, 11) is 0. The Bertz CT molecular complexity index is 606. The van der Waals surface area contributed by atoms with E-state index in [0.29, 0.717) is 0 Å². The summed E-state index contributed by atoms with van der Waals surface area (Å²) in [6.45, 7) is 4.03. The summed E-state index contributed by atoms with van der Waals surface area (Å²) in [5, 5.41) is 3.58. The highest BCUT2D eigenvalue weighted by Crippen LogP contribution is 2.26. The van der Waals surface area contributed by atoms with E-state index in [0.717, 1.165) is 38.2 Å². The SMILES string of the molecule is CCCc1ccccc1NCCc1ccc2c(c1)CCO2. The average Bonchev–Trinajstić information content (AvgIpc) is 2.97. The number of hydrogen-bond acceptors (Lipinski definition) is 2. The maximum atomic E-state index is 5.55. The fourth-order valence-corrected chi connectivity index (χ4v) is 2.92. The molecule has 1 aliphatic rings. The first-order chi connectivity index (χ1) is 10.4. The van der Waals surface area contributed by atoms with Crippen molar-refractivity contribution in [1.82, 2.24) is 0 Å². The van der Waals surface area contributed by atoms with Crippen LogP contribution < -0.4 is 10.1 Å². The van der Waals surface area contributed by atoms with Gasteiger partial charge in [-0.15, -0.1) is 0 Å². The van der Waals surface area contributed by atoms with Gasteiger partial charge in [-0.2, -0.15) is 0 Å². The number of ether oxygens (including phenoxy) is 1. The number of fused-ring (bicyclic) bond motifs is 1. The van der Waals surface area contributed by atoms with Crippen LogP contribution in [0, 0.1) is 0 Å². The van der Waals surface area contributed by atoms with Crippen molar-refractivity contribution in [2.24, 2.45) is 0 Å². The molecule has 21 heavy (non-hydrogen) atoms. The van der Waals surface area contributed by atoms with E-state index in [1.165, 1.54) is 28.8 Å². The van der Waals surface area contributed by atoms with Crippen LogP contribution in [-0.4, -0.2) is 13.2 Å². The molecule has 2 aromatic rings. The van der Waals surface area contributed by atoms with Gasteiger partial charge < -0.3 is 10.1 Å². The van der Waals surface area contributed by atoms with Crippen molar-refractivity contribution in [1.29, 1.82) is 0 Å². The van der Waals surface area contributed by atoms with Crippen LogP contribution in [0.5, 0.6) is 5.75 Å². The Morgan fingerprint density at radius 3 is 2.90 bits per heavy atom. The molecule has 0 bridgehead atoms. The van der Waals surface area contributed by atoms with Crippen LogP contribution in [0.4, 0.5) is 5.69 Å². The maximum Gasteiger partial charge on any atom is 0.122 e. The van der Waals surface area contributed by atoms with E-state index in [4.69, 9.17) is 4.74 Å². The van der Waals surface area contributed by atoms with Crippen molar-refractivity contribution in [3.8, 4) is 5.75 Å². The predicted molar refractivity (Wildman–Crippen MR) is 88.3 cm³/mol. The van der Waals surface area contributed by atoms with Crippen molar-refractivity contribution in [3.05, 3.63) is 59.2 Å². The highest BCUT2D eigenvalue weighted by molar-refractivity contribution is 5.51. The van der Waals surface area contributed by atoms with Gasteiger partial charge in [0.05, 0.1) is 6.61 Å². The van der Waals surface area contributed by atoms with E-state index in [2.05, 4.69) is 54.7 Å². The van der Waals surface area contributed by atoms with Crippen molar-refractivity contribution in [2.45, 2.75) is 32.6 Å². The highest BCUT2D eigenvalue weighted by atomic mass is 16.5. The van der Waals surface area contributed by atoms with Gasteiger partial charge in [0.1, 0.15) is 5.75 Å². The molecular formula is C19H23NO. The van der Waals surface area contributed by atoms with Crippen LogP contribution in [0.25, 0.3) is 0 Å². The Hall–Kier alpha value is -1.96. The lowest BCUT2D eigenvalue weighted by molar-refractivity contribution is 0.357. The van der Waals surface area contributed by atoms with Gasteiger partial charge in [0, 0.05) is 18.7 Å². The third-order valence-corrected chi connectivity index (χ3v) is 4.02. The van der Waals surface area contributed by atoms with Gasteiger partial charge in [-0.25, -0.2) is 0 Å². The lowest BCUT2D eigenvalue weighted by Gasteiger charge is -2.12. The smallest absolute Gasteiger partial charge is 0.122 e. The normalized spacial score (nSPS) is 12.8. The molecule has 3 rings (SSSR count). The zero-order valence-corrected chi connectivity index (χ0v) is 12.7. The Labute approximate surface area is 127 Å². The molecule has 2 heteroatoms. The van der Waals surface area contributed by atoms with E-state index < -0.39 is 0 Å². The van der Waals surface area contributed by atoms with Crippen molar-refractivity contribution in [3.63, 3.8) is 0 Å². The quantitative estimate of drug-likeness (QED) is 0.855. The minimum atomic E-state index is 0.835. The van der Waals surface area contributed by atoms with Gasteiger partial charge >= 0.3 is 0 Å². The largest absolute Gasteiger partial charge is 0.493 e. The molecule has 1 aliphatic heterocycles. The molecule has 0 radical (unpaired) electrons. The third kappa shape index (κ3) is 3.38. The van der Waals surface area contributed by atoms with Gasteiger partial charge in [0.15, 0.2) is 0 Å². The van der Waals surface area contributed by atoms with Crippen molar-refractivity contribution in [2.75, 3.05) is 18.5 Å². The predicted octanol–water partition coefficient (Wildman–Crippen LogP) is 4.23. The molecule has 0 aliphatic carbocycles.